The summed E-state index contributed by atoms with van der Waals surface area (Å²) in [5.41, 5.74) is 0. The highest BCUT2D eigenvalue weighted by atomic mass is 16.2. The highest BCUT2D eigenvalue weighted by Gasteiger charge is 2.17. The average Bonchev–Trinajstić information content (AvgIpc) is 2.67. The molecule has 2 N–H and O–H groups in total. The number of hydrogen-bond acceptors (Lipinski definition) is 3. The number of hydrogen-bond donors (Lipinski definition) is 2. The molecule has 2 aliphatic rings. The Kier molecular flexibility index (Phi) is 10.4. The van der Waals surface area contributed by atoms with E-state index in [2.05, 4.69) is 34.4 Å². The molecule has 0 bridgehead atoms. The molecule has 0 aromatic heterocycles. The molecule has 0 aromatic carbocycles. The van der Waals surface area contributed by atoms with Crippen LogP contribution in [0.5, 0.6) is 0 Å². The van der Waals surface area contributed by atoms with Crippen molar-refractivity contribution < 1.29 is 4.79 Å². The number of unbranched alkanes of at least 4 members (excludes halogenated alkanes) is 1. The van der Waals surface area contributed by atoms with Gasteiger partial charge in [-0.1, -0.05) is 26.2 Å². The van der Waals surface area contributed by atoms with Crippen LogP contribution in [-0.2, 0) is 0 Å². The lowest BCUT2D eigenvalue weighted by Gasteiger charge is -2.31. The van der Waals surface area contributed by atoms with Crippen LogP contribution in [0.4, 0.5) is 4.79 Å². The number of likely N-dealkylation sites (tertiary alicyclic amines) is 1. The van der Waals surface area contributed by atoms with Gasteiger partial charge >= 0.3 is 6.03 Å². The van der Waals surface area contributed by atoms with Gasteiger partial charge in [-0.2, -0.15) is 0 Å². The number of urea groups is 1. The van der Waals surface area contributed by atoms with Crippen molar-refractivity contribution in [3.63, 3.8) is 0 Å². The van der Waals surface area contributed by atoms with E-state index < -0.39 is 0 Å². The Hall–Kier alpha value is -0.810. The minimum absolute atomic E-state index is 0.00267. The minimum atomic E-state index is -0.00267. The van der Waals surface area contributed by atoms with Crippen LogP contribution < -0.4 is 10.6 Å². The zero-order valence-electron chi connectivity index (χ0n) is 17.3. The summed E-state index contributed by atoms with van der Waals surface area (Å²) in [6.07, 6.45) is 12.8. The lowest BCUT2D eigenvalue weighted by molar-refractivity contribution is 0.188. The number of carbonyl (C=O) groups is 1. The summed E-state index contributed by atoms with van der Waals surface area (Å²) in [6, 6.07) is 0.762. The molecule has 5 nitrogen and oxygen atoms in total. The van der Waals surface area contributed by atoms with E-state index in [1.807, 2.05) is 0 Å². The predicted molar refractivity (Wildman–Crippen MR) is 110 cm³/mol. The first-order valence-electron chi connectivity index (χ1n) is 11.1. The maximum Gasteiger partial charge on any atom is 0.314 e. The van der Waals surface area contributed by atoms with Crippen LogP contribution in [-0.4, -0.2) is 68.2 Å². The second kappa shape index (κ2) is 12.6. The van der Waals surface area contributed by atoms with Gasteiger partial charge in [0.25, 0.3) is 0 Å². The molecular formula is C21H42N4O. The van der Waals surface area contributed by atoms with Gasteiger partial charge in [-0.15, -0.1) is 0 Å². The third-order valence-electron chi connectivity index (χ3n) is 6.23. The Morgan fingerprint density at radius 1 is 0.962 bits per heavy atom. The summed E-state index contributed by atoms with van der Waals surface area (Å²) < 4.78 is 0. The summed E-state index contributed by atoms with van der Waals surface area (Å²) in [4.78, 5) is 16.9. The number of amides is 2. The fraction of sp³-hybridized carbons (Fsp3) is 0.952. The summed E-state index contributed by atoms with van der Waals surface area (Å²) in [5, 5.41) is 6.00. The number of carbonyl (C=O) groups excluding carboxylic acids is 1. The van der Waals surface area contributed by atoms with Crippen molar-refractivity contribution in [3.8, 4) is 0 Å². The molecule has 152 valence electrons. The monoisotopic (exact) mass is 366 g/mol. The Morgan fingerprint density at radius 2 is 1.62 bits per heavy atom. The third-order valence-corrected chi connectivity index (χ3v) is 6.23. The van der Waals surface area contributed by atoms with E-state index in [-0.39, 0.29) is 6.03 Å². The topological polar surface area (TPSA) is 47.6 Å². The molecule has 2 rings (SSSR count). The maximum atomic E-state index is 11.8. The molecule has 2 amide bonds. The minimum Gasteiger partial charge on any atom is -0.338 e. The molecule has 1 saturated heterocycles. The molecule has 0 aromatic rings. The number of rotatable bonds is 10. The fourth-order valence-corrected chi connectivity index (χ4v) is 4.25. The average molecular weight is 367 g/mol. The number of piperidine rings is 1. The molecule has 26 heavy (non-hydrogen) atoms. The Bertz CT molecular complexity index is 376. The molecule has 5 heteroatoms. The van der Waals surface area contributed by atoms with Gasteiger partial charge in [0.2, 0.25) is 0 Å². The summed E-state index contributed by atoms with van der Waals surface area (Å²) in [7, 11) is 2.24. The first-order chi connectivity index (χ1) is 12.6. The second-order valence-electron chi connectivity index (χ2n) is 8.54. The summed E-state index contributed by atoms with van der Waals surface area (Å²) >= 11 is 0. The molecule has 1 aliphatic heterocycles. The second-order valence-corrected chi connectivity index (χ2v) is 8.54. The smallest absolute Gasteiger partial charge is 0.314 e. The van der Waals surface area contributed by atoms with Gasteiger partial charge in [0, 0.05) is 19.1 Å². The zero-order chi connectivity index (χ0) is 18.6. The molecule has 0 unspecified atom stereocenters. The standard InChI is InChI=1S/C21H42N4O/c1-19-11-17-25(18-12-19)16-7-6-13-22-21(26)23-14-8-15-24(2)20-9-4-3-5-10-20/h19-20H,3-18H2,1-2H3,(H2,22,23,26). The molecule has 0 spiro atoms. The van der Waals surface area contributed by atoms with E-state index in [0.717, 1.165) is 44.4 Å². The van der Waals surface area contributed by atoms with Crippen LogP contribution in [0.3, 0.4) is 0 Å². The number of nitrogens with one attached hydrogen (secondary N) is 2. The third kappa shape index (κ3) is 8.72. The van der Waals surface area contributed by atoms with Crippen molar-refractivity contribution >= 4 is 6.03 Å². The van der Waals surface area contributed by atoms with Crippen LogP contribution in [0.1, 0.15) is 71.1 Å². The van der Waals surface area contributed by atoms with E-state index >= 15 is 0 Å². The number of nitrogens with zero attached hydrogens (tertiary/aromatic N) is 2. The maximum absolute atomic E-state index is 11.8. The molecule has 1 aliphatic carbocycles. The lowest BCUT2D eigenvalue weighted by atomic mass is 9.94. The molecule has 0 atom stereocenters. The van der Waals surface area contributed by atoms with Gasteiger partial charge in [0.15, 0.2) is 0 Å². The highest BCUT2D eigenvalue weighted by molar-refractivity contribution is 5.73. The first-order valence-corrected chi connectivity index (χ1v) is 11.1. The SMILES string of the molecule is CC1CCN(CCCCNC(=O)NCCCN(C)C2CCCCC2)CC1. The first kappa shape index (κ1) is 21.5. The van der Waals surface area contributed by atoms with E-state index in [9.17, 15) is 4.79 Å². The quantitative estimate of drug-likeness (QED) is 0.582. The molecule has 0 radical (unpaired) electrons. The Balaban J connectivity index is 1.39. The van der Waals surface area contributed by atoms with Gasteiger partial charge in [-0.05, 0) is 84.1 Å². The van der Waals surface area contributed by atoms with Gasteiger partial charge in [0.1, 0.15) is 0 Å². The Morgan fingerprint density at radius 3 is 2.31 bits per heavy atom. The molecule has 2 fully saturated rings. The fourth-order valence-electron chi connectivity index (χ4n) is 4.25. The van der Waals surface area contributed by atoms with Crippen molar-refractivity contribution in [3.05, 3.63) is 0 Å². The van der Waals surface area contributed by atoms with Crippen LogP contribution in [0.2, 0.25) is 0 Å². The van der Waals surface area contributed by atoms with Crippen molar-refractivity contribution in [1.82, 2.24) is 20.4 Å². The summed E-state index contributed by atoms with van der Waals surface area (Å²) in [5.74, 6) is 0.902. The zero-order valence-corrected chi connectivity index (χ0v) is 17.3. The van der Waals surface area contributed by atoms with Crippen LogP contribution in [0, 0.1) is 5.92 Å². The van der Waals surface area contributed by atoms with E-state index in [1.165, 1.54) is 71.0 Å². The van der Waals surface area contributed by atoms with Gasteiger partial charge < -0.3 is 20.4 Å². The summed E-state index contributed by atoms with van der Waals surface area (Å²) in [6.45, 7) is 8.69. The molecule has 1 heterocycles. The van der Waals surface area contributed by atoms with E-state index in [4.69, 9.17) is 0 Å². The largest absolute Gasteiger partial charge is 0.338 e. The van der Waals surface area contributed by atoms with Crippen LogP contribution in [0.25, 0.3) is 0 Å². The van der Waals surface area contributed by atoms with E-state index in [1.54, 1.807) is 0 Å². The highest BCUT2D eigenvalue weighted by Crippen LogP contribution is 2.21. The lowest BCUT2D eigenvalue weighted by Crippen LogP contribution is -2.39. The van der Waals surface area contributed by atoms with Gasteiger partial charge in [-0.25, -0.2) is 4.79 Å². The van der Waals surface area contributed by atoms with Crippen LogP contribution >= 0.6 is 0 Å². The van der Waals surface area contributed by atoms with Gasteiger partial charge in [-0.3, -0.25) is 0 Å². The van der Waals surface area contributed by atoms with Crippen molar-refractivity contribution in [2.45, 2.75) is 77.2 Å². The van der Waals surface area contributed by atoms with E-state index in [0.29, 0.717) is 0 Å². The van der Waals surface area contributed by atoms with Crippen LogP contribution in [0.15, 0.2) is 0 Å². The van der Waals surface area contributed by atoms with Crippen molar-refractivity contribution in [2.24, 2.45) is 5.92 Å². The predicted octanol–water partition coefficient (Wildman–Crippen LogP) is 3.45. The molecule has 1 saturated carbocycles. The Labute approximate surface area is 161 Å². The van der Waals surface area contributed by atoms with Gasteiger partial charge in [0.05, 0.1) is 0 Å². The van der Waals surface area contributed by atoms with Crippen molar-refractivity contribution in [1.29, 1.82) is 0 Å². The molecular weight excluding hydrogens is 324 g/mol. The van der Waals surface area contributed by atoms with Crippen molar-refractivity contribution in [2.75, 3.05) is 46.3 Å². The normalized spacial score (nSPS) is 20.4.